The second-order valence-electron chi connectivity index (χ2n) is 6.21. The van der Waals surface area contributed by atoms with E-state index in [1.165, 1.54) is 19.6 Å². The van der Waals surface area contributed by atoms with Gasteiger partial charge in [0.1, 0.15) is 5.75 Å². The molecule has 0 radical (unpaired) electrons. The van der Waals surface area contributed by atoms with Crippen LogP contribution in [0.2, 0.25) is 0 Å². The van der Waals surface area contributed by atoms with Gasteiger partial charge in [0.05, 0.1) is 12.7 Å². The summed E-state index contributed by atoms with van der Waals surface area (Å²) >= 11 is 0. The van der Waals surface area contributed by atoms with Crippen LogP contribution in [0.3, 0.4) is 0 Å². The maximum atomic E-state index is 13.2. The Hall–Kier alpha value is -1.23. The lowest BCUT2D eigenvalue weighted by molar-refractivity contribution is -0.138. The molecule has 1 fully saturated rings. The number of rotatable bonds is 4. The Balaban J connectivity index is 2.40. The van der Waals surface area contributed by atoms with Crippen LogP contribution in [-0.4, -0.2) is 25.1 Å². The van der Waals surface area contributed by atoms with Crippen LogP contribution in [0.5, 0.6) is 5.75 Å². The summed E-state index contributed by atoms with van der Waals surface area (Å²) in [6, 6.07) is 2.78. The Morgan fingerprint density at radius 1 is 1.14 bits per heavy atom. The molecule has 0 spiro atoms. The van der Waals surface area contributed by atoms with E-state index in [2.05, 4.69) is 4.90 Å². The molecule has 0 bridgehead atoms. The number of alkyl halides is 3. The average Bonchev–Trinajstić information content (AvgIpc) is 2.46. The van der Waals surface area contributed by atoms with Gasteiger partial charge in [-0.1, -0.05) is 26.3 Å². The second kappa shape index (κ2) is 6.90. The van der Waals surface area contributed by atoms with Crippen LogP contribution in [0, 0.1) is 0 Å². The van der Waals surface area contributed by atoms with Crippen LogP contribution >= 0.6 is 0 Å². The molecule has 0 aliphatic carbocycles. The number of benzene rings is 1. The van der Waals surface area contributed by atoms with Gasteiger partial charge in [-0.2, -0.15) is 13.2 Å². The third-order valence-electron chi connectivity index (χ3n) is 4.21. The fraction of sp³-hybridized carbons (Fsp3) is 0.647. The van der Waals surface area contributed by atoms with Gasteiger partial charge in [-0.25, -0.2) is 0 Å². The zero-order valence-electron chi connectivity index (χ0n) is 13.5. The van der Waals surface area contributed by atoms with Crippen molar-refractivity contribution in [3.05, 3.63) is 28.8 Å². The van der Waals surface area contributed by atoms with Crippen LogP contribution in [0.1, 0.15) is 55.7 Å². The van der Waals surface area contributed by atoms with Gasteiger partial charge in [0.25, 0.3) is 0 Å². The molecule has 124 valence electrons. The van der Waals surface area contributed by atoms with Crippen LogP contribution in [0.4, 0.5) is 13.2 Å². The molecule has 1 aromatic carbocycles. The molecule has 0 unspecified atom stereocenters. The van der Waals surface area contributed by atoms with Gasteiger partial charge in [-0.05, 0) is 37.9 Å². The van der Waals surface area contributed by atoms with E-state index in [4.69, 9.17) is 4.74 Å². The van der Waals surface area contributed by atoms with E-state index >= 15 is 0 Å². The Kier molecular flexibility index (Phi) is 5.37. The highest BCUT2D eigenvalue weighted by Gasteiger charge is 2.36. The highest BCUT2D eigenvalue weighted by Crippen LogP contribution is 2.41. The predicted molar refractivity (Wildman–Crippen MR) is 81.2 cm³/mol. The van der Waals surface area contributed by atoms with Crippen molar-refractivity contribution in [3.63, 3.8) is 0 Å². The minimum absolute atomic E-state index is 0.243. The van der Waals surface area contributed by atoms with E-state index in [1.807, 2.05) is 0 Å². The molecular formula is C17H24F3NO. The van der Waals surface area contributed by atoms with E-state index in [0.29, 0.717) is 12.3 Å². The molecule has 0 amide bonds. The molecule has 5 heteroatoms. The highest BCUT2D eigenvalue weighted by molar-refractivity contribution is 5.49. The lowest BCUT2D eigenvalue weighted by atomic mass is 9.92. The SMILES string of the molecule is COc1c(CN2CCCCC2)ccc(C(F)(F)F)c1C(C)C. The van der Waals surface area contributed by atoms with E-state index in [0.717, 1.165) is 31.5 Å². The summed E-state index contributed by atoms with van der Waals surface area (Å²) < 4.78 is 45.1. The third-order valence-corrected chi connectivity index (χ3v) is 4.21. The zero-order valence-corrected chi connectivity index (χ0v) is 13.5. The molecule has 1 aliphatic rings. The summed E-state index contributed by atoms with van der Waals surface area (Å²) in [5, 5.41) is 0. The van der Waals surface area contributed by atoms with Crippen LogP contribution in [0.15, 0.2) is 12.1 Å². The number of piperidine rings is 1. The smallest absolute Gasteiger partial charge is 0.416 e. The summed E-state index contributed by atoms with van der Waals surface area (Å²) in [6.45, 7) is 6.21. The molecule has 1 aromatic rings. The quantitative estimate of drug-likeness (QED) is 0.789. The van der Waals surface area contributed by atoms with Crippen molar-refractivity contribution >= 4 is 0 Å². The number of methoxy groups -OCH3 is 1. The maximum absolute atomic E-state index is 13.2. The number of nitrogens with zero attached hydrogens (tertiary/aromatic N) is 1. The second-order valence-corrected chi connectivity index (χ2v) is 6.21. The van der Waals surface area contributed by atoms with Gasteiger partial charge in [-0.3, -0.25) is 4.90 Å². The molecule has 22 heavy (non-hydrogen) atoms. The van der Waals surface area contributed by atoms with Crippen LogP contribution < -0.4 is 4.74 Å². The van der Waals surface area contributed by atoms with E-state index in [1.54, 1.807) is 19.9 Å². The number of likely N-dealkylation sites (tertiary alicyclic amines) is 1. The number of ether oxygens (including phenoxy) is 1. The molecule has 2 rings (SSSR count). The number of halogens is 3. The fourth-order valence-corrected chi connectivity index (χ4v) is 3.19. The summed E-state index contributed by atoms with van der Waals surface area (Å²) in [6.07, 6.45) is -0.811. The van der Waals surface area contributed by atoms with Gasteiger partial charge in [0.15, 0.2) is 0 Å². The average molecular weight is 315 g/mol. The van der Waals surface area contributed by atoms with Crippen molar-refractivity contribution < 1.29 is 17.9 Å². The maximum Gasteiger partial charge on any atom is 0.416 e. The Morgan fingerprint density at radius 2 is 1.77 bits per heavy atom. The van der Waals surface area contributed by atoms with E-state index < -0.39 is 11.7 Å². The predicted octanol–water partition coefficient (Wildman–Crippen LogP) is 4.82. The van der Waals surface area contributed by atoms with Crippen molar-refractivity contribution in [2.24, 2.45) is 0 Å². The normalized spacial score (nSPS) is 17.0. The standard InChI is InChI=1S/C17H24F3NO/c1-12(2)15-14(17(18,19)20)8-7-13(16(15)22-3)11-21-9-5-4-6-10-21/h7-8,12H,4-6,9-11H2,1-3H3. The van der Waals surface area contributed by atoms with E-state index in [-0.39, 0.29) is 11.5 Å². The van der Waals surface area contributed by atoms with Crippen molar-refractivity contribution in [1.82, 2.24) is 4.90 Å². The van der Waals surface area contributed by atoms with Gasteiger partial charge >= 0.3 is 6.18 Å². The summed E-state index contributed by atoms with van der Waals surface area (Å²) in [5.74, 6) is 0.156. The first-order chi connectivity index (χ1) is 10.3. The molecular weight excluding hydrogens is 291 g/mol. The van der Waals surface area contributed by atoms with Crippen LogP contribution in [0.25, 0.3) is 0 Å². The molecule has 1 heterocycles. The van der Waals surface area contributed by atoms with Crippen molar-refractivity contribution in [1.29, 1.82) is 0 Å². The first kappa shape index (κ1) is 17.1. The molecule has 1 saturated heterocycles. The van der Waals surface area contributed by atoms with Crippen molar-refractivity contribution in [3.8, 4) is 5.75 Å². The number of hydrogen-bond donors (Lipinski definition) is 0. The molecule has 0 N–H and O–H groups in total. The Morgan fingerprint density at radius 3 is 2.27 bits per heavy atom. The summed E-state index contributed by atoms with van der Waals surface area (Å²) in [7, 11) is 1.46. The fourth-order valence-electron chi connectivity index (χ4n) is 3.19. The highest BCUT2D eigenvalue weighted by atomic mass is 19.4. The van der Waals surface area contributed by atoms with Gasteiger partial charge in [-0.15, -0.1) is 0 Å². The topological polar surface area (TPSA) is 12.5 Å². The minimum atomic E-state index is -4.35. The molecule has 0 atom stereocenters. The monoisotopic (exact) mass is 315 g/mol. The van der Waals surface area contributed by atoms with Gasteiger partial charge in [0.2, 0.25) is 0 Å². The van der Waals surface area contributed by atoms with Crippen molar-refractivity contribution in [2.45, 2.75) is 51.7 Å². The Labute approximate surface area is 130 Å². The number of hydrogen-bond acceptors (Lipinski definition) is 2. The summed E-state index contributed by atoms with van der Waals surface area (Å²) in [5.41, 5.74) is 0.535. The summed E-state index contributed by atoms with van der Waals surface area (Å²) in [4.78, 5) is 2.29. The Bertz CT molecular complexity index is 505. The lowest BCUT2D eigenvalue weighted by Gasteiger charge is -2.28. The van der Waals surface area contributed by atoms with Crippen molar-refractivity contribution in [2.75, 3.05) is 20.2 Å². The first-order valence-corrected chi connectivity index (χ1v) is 7.84. The molecule has 0 saturated carbocycles. The molecule has 1 aliphatic heterocycles. The minimum Gasteiger partial charge on any atom is -0.496 e. The largest absolute Gasteiger partial charge is 0.496 e. The molecule has 0 aromatic heterocycles. The first-order valence-electron chi connectivity index (χ1n) is 7.84. The van der Waals surface area contributed by atoms with Crippen LogP contribution in [-0.2, 0) is 12.7 Å². The lowest BCUT2D eigenvalue weighted by Crippen LogP contribution is -2.29. The van der Waals surface area contributed by atoms with E-state index in [9.17, 15) is 13.2 Å². The molecule has 2 nitrogen and oxygen atoms in total. The van der Waals surface area contributed by atoms with Gasteiger partial charge in [0, 0.05) is 17.7 Å². The third kappa shape index (κ3) is 3.75. The van der Waals surface area contributed by atoms with Gasteiger partial charge < -0.3 is 4.74 Å². The zero-order chi connectivity index (χ0) is 16.3.